The van der Waals surface area contributed by atoms with Gasteiger partial charge in [-0.2, -0.15) is 0 Å². The first-order valence-corrected chi connectivity index (χ1v) is 8.51. The standard InChI is InChI=1S/C15H15ClN6OS/c1-4-12-18-20-15(24-12)17-14(23)13-9(3)22(21-19-13)10-6-5-8(2)11(16)7-10/h5-7H,4H2,1-3H3,(H,17,20,23). The van der Waals surface area contributed by atoms with Gasteiger partial charge in [-0.3, -0.25) is 10.1 Å². The topological polar surface area (TPSA) is 85.6 Å². The second kappa shape index (κ2) is 6.66. The van der Waals surface area contributed by atoms with E-state index >= 15 is 0 Å². The van der Waals surface area contributed by atoms with Gasteiger partial charge in [0.25, 0.3) is 5.91 Å². The van der Waals surface area contributed by atoms with Crippen molar-refractivity contribution in [1.29, 1.82) is 0 Å². The van der Waals surface area contributed by atoms with Crippen molar-refractivity contribution in [2.45, 2.75) is 27.2 Å². The maximum atomic E-state index is 12.4. The first-order valence-electron chi connectivity index (χ1n) is 7.32. The summed E-state index contributed by atoms with van der Waals surface area (Å²) in [6.07, 6.45) is 0.775. The lowest BCUT2D eigenvalue weighted by atomic mass is 10.2. The summed E-state index contributed by atoms with van der Waals surface area (Å²) in [6, 6.07) is 5.56. The van der Waals surface area contributed by atoms with Crippen molar-refractivity contribution < 1.29 is 4.79 Å². The molecule has 0 aliphatic heterocycles. The van der Waals surface area contributed by atoms with E-state index in [4.69, 9.17) is 11.6 Å². The Labute approximate surface area is 147 Å². The van der Waals surface area contributed by atoms with Gasteiger partial charge in [0.15, 0.2) is 5.69 Å². The number of carbonyl (C=O) groups excluding carboxylic acids is 1. The van der Waals surface area contributed by atoms with E-state index in [1.54, 1.807) is 17.7 Å². The Balaban J connectivity index is 1.86. The van der Waals surface area contributed by atoms with E-state index in [-0.39, 0.29) is 11.6 Å². The van der Waals surface area contributed by atoms with Crippen molar-refractivity contribution in [3.63, 3.8) is 0 Å². The molecule has 24 heavy (non-hydrogen) atoms. The minimum absolute atomic E-state index is 0.236. The first-order chi connectivity index (χ1) is 11.5. The molecule has 2 heterocycles. The zero-order valence-corrected chi connectivity index (χ0v) is 14.9. The molecule has 1 aromatic carbocycles. The Hall–Kier alpha value is -2.32. The van der Waals surface area contributed by atoms with Crippen LogP contribution in [-0.4, -0.2) is 31.1 Å². The fourth-order valence-electron chi connectivity index (χ4n) is 2.10. The monoisotopic (exact) mass is 362 g/mol. The number of benzene rings is 1. The maximum Gasteiger partial charge on any atom is 0.279 e. The molecule has 7 nitrogen and oxygen atoms in total. The predicted octanol–water partition coefficient (Wildman–Crippen LogP) is 3.20. The molecule has 0 aliphatic carbocycles. The van der Waals surface area contributed by atoms with Crippen LogP contribution in [0.15, 0.2) is 18.2 Å². The summed E-state index contributed by atoms with van der Waals surface area (Å²) in [5.41, 5.74) is 2.57. The lowest BCUT2D eigenvalue weighted by Gasteiger charge is -2.05. The minimum atomic E-state index is -0.365. The summed E-state index contributed by atoms with van der Waals surface area (Å²) in [6.45, 7) is 5.68. The fraction of sp³-hybridized carbons (Fsp3) is 0.267. The van der Waals surface area contributed by atoms with Gasteiger partial charge in [-0.1, -0.05) is 41.1 Å². The van der Waals surface area contributed by atoms with Crippen LogP contribution in [0.5, 0.6) is 0 Å². The average Bonchev–Trinajstić information content (AvgIpc) is 3.16. The van der Waals surface area contributed by atoms with E-state index in [1.807, 2.05) is 26.0 Å². The third-order valence-electron chi connectivity index (χ3n) is 3.50. The number of amides is 1. The highest BCUT2D eigenvalue weighted by Crippen LogP contribution is 2.21. The Morgan fingerprint density at radius 3 is 2.75 bits per heavy atom. The van der Waals surface area contributed by atoms with Gasteiger partial charge in [0.2, 0.25) is 5.13 Å². The van der Waals surface area contributed by atoms with Gasteiger partial charge in [-0.05, 0) is 38.0 Å². The molecule has 2 aromatic heterocycles. The van der Waals surface area contributed by atoms with Crippen molar-refractivity contribution >= 4 is 34.0 Å². The summed E-state index contributed by atoms with van der Waals surface area (Å²) in [5.74, 6) is -0.365. The molecule has 3 aromatic rings. The highest BCUT2D eigenvalue weighted by Gasteiger charge is 2.19. The smallest absolute Gasteiger partial charge is 0.279 e. The number of carbonyl (C=O) groups is 1. The minimum Gasteiger partial charge on any atom is -0.295 e. The molecule has 0 unspecified atom stereocenters. The SMILES string of the molecule is CCc1nnc(NC(=O)c2nnn(-c3ccc(C)c(Cl)c3)c2C)s1. The van der Waals surface area contributed by atoms with Crippen molar-refractivity contribution in [3.05, 3.63) is 45.2 Å². The molecule has 1 amide bonds. The Morgan fingerprint density at radius 2 is 2.08 bits per heavy atom. The Bertz CT molecular complexity index is 903. The van der Waals surface area contributed by atoms with Crippen molar-refractivity contribution in [2.75, 3.05) is 5.32 Å². The van der Waals surface area contributed by atoms with Gasteiger partial charge in [0.1, 0.15) is 5.01 Å². The quantitative estimate of drug-likeness (QED) is 0.770. The van der Waals surface area contributed by atoms with E-state index in [1.165, 1.54) is 11.3 Å². The number of nitrogens with one attached hydrogen (secondary N) is 1. The normalized spacial score (nSPS) is 10.8. The zero-order valence-electron chi connectivity index (χ0n) is 13.4. The third kappa shape index (κ3) is 3.15. The average molecular weight is 363 g/mol. The number of hydrogen-bond acceptors (Lipinski definition) is 6. The molecule has 0 fully saturated rings. The first kappa shape index (κ1) is 16.5. The molecule has 0 radical (unpaired) electrons. The van der Waals surface area contributed by atoms with Crippen LogP contribution >= 0.6 is 22.9 Å². The van der Waals surface area contributed by atoms with E-state index in [9.17, 15) is 4.79 Å². The fourth-order valence-corrected chi connectivity index (χ4v) is 2.95. The number of halogens is 1. The number of nitrogens with zero attached hydrogens (tertiary/aromatic N) is 5. The summed E-state index contributed by atoms with van der Waals surface area (Å²) in [7, 11) is 0. The number of aryl methyl sites for hydroxylation is 2. The van der Waals surface area contributed by atoms with Crippen molar-refractivity contribution in [1.82, 2.24) is 25.2 Å². The molecule has 0 aliphatic rings. The molecular weight excluding hydrogens is 348 g/mol. The predicted molar refractivity (Wildman–Crippen MR) is 93.1 cm³/mol. The van der Waals surface area contributed by atoms with E-state index in [2.05, 4.69) is 25.8 Å². The van der Waals surface area contributed by atoms with Gasteiger partial charge in [0.05, 0.1) is 11.4 Å². The molecule has 0 saturated carbocycles. The molecular formula is C15H15ClN6OS. The van der Waals surface area contributed by atoms with Gasteiger partial charge >= 0.3 is 0 Å². The number of rotatable bonds is 4. The summed E-state index contributed by atoms with van der Waals surface area (Å²) in [5, 5.41) is 20.6. The van der Waals surface area contributed by atoms with Crippen LogP contribution in [-0.2, 0) is 6.42 Å². The highest BCUT2D eigenvalue weighted by atomic mass is 35.5. The van der Waals surface area contributed by atoms with Crippen LogP contribution in [0.2, 0.25) is 5.02 Å². The lowest BCUT2D eigenvalue weighted by molar-refractivity contribution is 0.102. The molecule has 1 N–H and O–H groups in total. The molecule has 0 bridgehead atoms. The van der Waals surface area contributed by atoms with Crippen molar-refractivity contribution in [3.8, 4) is 5.69 Å². The van der Waals surface area contributed by atoms with Crippen LogP contribution in [0.25, 0.3) is 5.69 Å². The van der Waals surface area contributed by atoms with Crippen molar-refractivity contribution in [2.24, 2.45) is 0 Å². The second-order valence-corrected chi connectivity index (χ2v) is 6.65. The molecule has 3 rings (SSSR count). The summed E-state index contributed by atoms with van der Waals surface area (Å²) in [4.78, 5) is 12.4. The van der Waals surface area contributed by atoms with Crippen LogP contribution in [0.3, 0.4) is 0 Å². The third-order valence-corrected chi connectivity index (χ3v) is 4.89. The molecule has 124 valence electrons. The van der Waals surface area contributed by atoms with Crippen LogP contribution in [0.4, 0.5) is 5.13 Å². The summed E-state index contributed by atoms with van der Waals surface area (Å²) >= 11 is 7.50. The molecule has 0 spiro atoms. The molecule has 0 saturated heterocycles. The second-order valence-electron chi connectivity index (χ2n) is 5.18. The van der Waals surface area contributed by atoms with Crippen LogP contribution in [0, 0.1) is 13.8 Å². The van der Waals surface area contributed by atoms with Gasteiger partial charge in [-0.25, -0.2) is 4.68 Å². The summed E-state index contributed by atoms with van der Waals surface area (Å²) < 4.78 is 1.58. The van der Waals surface area contributed by atoms with Gasteiger partial charge < -0.3 is 0 Å². The Morgan fingerprint density at radius 1 is 1.29 bits per heavy atom. The largest absolute Gasteiger partial charge is 0.295 e. The van der Waals surface area contributed by atoms with Crippen LogP contribution in [0.1, 0.15) is 33.7 Å². The van der Waals surface area contributed by atoms with E-state index in [0.29, 0.717) is 15.8 Å². The van der Waals surface area contributed by atoms with Gasteiger partial charge in [-0.15, -0.1) is 15.3 Å². The lowest BCUT2D eigenvalue weighted by Crippen LogP contribution is -2.14. The molecule has 9 heteroatoms. The van der Waals surface area contributed by atoms with E-state index < -0.39 is 0 Å². The number of anilines is 1. The maximum absolute atomic E-state index is 12.4. The van der Waals surface area contributed by atoms with E-state index in [0.717, 1.165) is 22.7 Å². The van der Waals surface area contributed by atoms with Crippen LogP contribution < -0.4 is 5.32 Å². The number of hydrogen-bond donors (Lipinski definition) is 1. The number of aromatic nitrogens is 5. The van der Waals surface area contributed by atoms with Gasteiger partial charge in [0, 0.05) is 5.02 Å². The highest BCUT2D eigenvalue weighted by molar-refractivity contribution is 7.15. The molecule has 0 atom stereocenters. The zero-order chi connectivity index (χ0) is 17.3. The Kier molecular flexibility index (Phi) is 4.59.